The quantitative estimate of drug-likeness (QED) is 0.385. The zero-order chi connectivity index (χ0) is 20.6. The monoisotopic (exact) mass is 392 g/mol. The summed E-state index contributed by atoms with van der Waals surface area (Å²) in [5.41, 5.74) is 2.11. The Morgan fingerprint density at radius 1 is 0.897 bits per heavy atom. The first-order chi connectivity index (χ1) is 14.1. The lowest BCUT2D eigenvalue weighted by Crippen LogP contribution is -1.99. The molecule has 148 valence electrons. The van der Waals surface area contributed by atoms with Gasteiger partial charge in [0.1, 0.15) is 29.7 Å². The number of carbonyl (C=O) groups is 1. The van der Waals surface area contributed by atoms with Crippen molar-refractivity contribution in [2.45, 2.75) is 6.61 Å². The number of allylic oxidation sites excluding steroid dienone is 1. The van der Waals surface area contributed by atoms with Crippen LogP contribution in [0.2, 0.25) is 0 Å². The maximum absolute atomic E-state index is 13.0. The van der Waals surface area contributed by atoms with E-state index in [1.165, 1.54) is 30.3 Å². The van der Waals surface area contributed by atoms with Crippen LogP contribution >= 0.6 is 0 Å². The Labute approximate surface area is 169 Å². The molecule has 0 atom stereocenters. The van der Waals surface area contributed by atoms with Crippen molar-refractivity contribution in [2.24, 2.45) is 0 Å². The summed E-state index contributed by atoms with van der Waals surface area (Å²) < 4.78 is 29.4. The van der Waals surface area contributed by atoms with Crippen LogP contribution in [0.1, 0.15) is 21.5 Å². The maximum atomic E-state index is 13.0. The van der Waals surface area contributed by atoms with Crippen LogP contribution < -0.4 is 14.2 Å². The topological polar surface area (TPSA) is 44.8 Å². The summed E-state index contributed by atoms with van der Waals surface area (Å²) >= 11 is 0. The third-order valence-electron chi connectivity index (χ3n) is 4.31. The minimum atomic E-state index is -0.373. The van der Waals surface area contributed by atoms with Gasteiger partial charge in [-0.05, 0) is 72.3 Å². The first kappa shape index (κ1) is 20.1. The number of ether oxygens (including phenoxy) is 3. The van der Waals surface area contributed by atoms with Gasteiger partial charge in [0.05, 0.1) is 14.2 Å². The van der Waals surface area contributed by atoms with E-state index in [9.17, 15) is 9.18 Å². The molecule has 0 saturated heterocycles. The lowest BCUT2D eigenvalue weighted by molar-refractivity contribution is 0.104. The van der Waals surface area contributed by atoms with Crippen molar-refractivity contribution in [1.82, 2.24) is 0 Å². The fraction of sp³-hybridized carbons (Fsp3) is 0.125. The molecule has 0 saturated carbocycles. The van der Waals surface area contributed by atoms with Gasteiger partial charge in [0, 0.05) is 11.1 Å². The average Bonchev–Trinajstić information content (AvgIpc) is 2.77. The zero-order valence-electron chi connectivity index (χ0n) is 16.2. The lowest BCUT2D eigenvalue weighted by Gasteiger charge is -2.11. The van der Waals surface area contributed by atoms with E-state index in [1.807, 2.05) is 42.5 Å². The summed E-state index contributed by atoms with van der Waals surface area (Å²) in [7, 11) is 3.21. The fourth-order valence-corrected chi connectivity index (χ4v) is 2.73. The van der Waals surface area contributed by atoms with Crippen molar-refractivity contribution in [3.63, 3.8) is 0 Å². The van der Waals surface area contributed by atoms with E-state index >= 15 is 0 Å². The van der Waals surface area contributed by atoms with E-state index in [0.29, 0.717) is 23.7 Å². The van der Waals surface area contributed by atoms with Gasteiger partial charge in [0.25, 0.3) is 0 Å². The van der Waals surface area contributed by atoms with Crippen LogP contribution in [0.15, 0.2) is 72.8 Å². The molecule has 0 aliphatic heterocycles. The van der Waals surface area contributed by atoms with E-state index in [-0.39, 0.29) is 11.6 Å². The Kier molecular flexibility index (Phi) is 6.63. The number of benzene rings is 3. The van der Waals surface area contributed by atoms with Crippen molar-refractivity contribution in [3.8, 4) is 17.2 Å². The van der Waals surface area contributed by atoms with Crippen molar-refractivity contribution >= 4 is 11.9 Å². The molecule has 0 unspecified atom stereocenters. The van der Waals surface area contributed by atoms with E-state index in [1.54, 1.807) is 20.3 Å². The average molecular weight is 392 g/mol. The molecule has 29 heavy (non-hydrogen) atoms. The molecule has 3 rings (SSSR count). The summed E-state index contributed by atoms with van der Waals surface area (Å²) in [5, 5.41) is 0. The van der Waals surface area contributed by atoms with Gasteiger partial charge in [0.2, 0.25) is 0 Å². The molecule has 0 bridgehead atoms. The van der Waals surface area contributed by atoms with Crippen molar-refractivity contribution < 1.29 is 23.4 Å². The number of rotatable bonds is 8. The summed E-state index contributed by atoms with van der Waals surface area (Å²) in [6, 6.07) is 18.3. The number of methoxy groups -OCH3 is 2. The second-order valence-corrected chi connectivity index (χ2v) is 6.24. The molecule has 0 amide bonds. The Morgan fingerprint density at radius 3 is 2.24 bits per heavy atom. The predicted octanol–water partition coefficient (Wildman–Crippen LogP) is 5.32. The van der Waals surface area contributed by atoms with Crippen LogP contribution in [0.3, 0.4) is 0 Å². The van der Waals surface area contributed by atoms with Crippen LogP contribution in [0, 0.1) is 5.82 Å². The second-order valence-electron chi connectivity index (χ2n) is 6.24. The van der Waals surface area contributed by atoms with E-state index in [4.69, 9.17) is 14.2 Å². The van der Waals surface area contributed by atoms with E-state index in [2.05, 4.69) is 0 Å². The van der Waals surface area contributed by atoms with Crippen LogP contribution in [0.25, 0.3) is 6.08 Å². The van der Waals surface area contributed by atoms with Crippen LogP contribution in [-0.2, 0) is 6.61 Å². The third-order valence-corrected chi connectivity index (χ3v) is 4.31. The van der Waals surface area contributed by atoms with Gasteiger partial charge in [-0.1, -0.05) is 12.1 Å². The van der Waals surface area contributed by atoms with Crippen molar-refractivity contribution in [2.75, 3.05) is 14.2 Å². The summed E-state index contributed by atoms with van der Waals surface area (Å²) in [5.74, 6) is 1.59. The Bertz CT molecular complexity index is 992. The first-order valence-corrected chi connectivity index (χ1v) is 9.01. The van der Waals surface area contributed by atoms with Crippen LogP contribution in [0.4, 0.5) is 4.39 Å². The molecule has 0 spiro atoms. The zero-order valence-corrected chi connectivity index (χ0v) is 16.2. The minimum absolute atomic E-state index is 0.197. The lowest BCUT2D eigenvalue weighted by atomic mass is 10.1. The highest BCUT2D eigenvalue weighted by Crippen LogP contribution is 2.24. The molecule has 3 aromatic carbocycles. The fourth-order valence-electron chi connectivity index (χ4n) is 2.73. The number of carbonyl (C=O) groups excluding carboxylic acids is 1. The molecule has 0 fully saturated rings. The van der Waals surface area contributed by atoms with Gasteiger partial charge in [-0.15, -0.1) is 0 Å². The van der Waals surface area contributed by atoms with Gasteiger partial charge in [-0.3, -0.25) is 4.79 Å². The first-order valence-electron chi connectivity index (χ1n) is 9.01. The highest BCUT2D eigenvalue weighted by Gasteiger charge is 2.06. The van der Waals surface area contributed by atoms with Gasteiger partial charge >= 0.3 is 0 Å². The van der Waals surface area contributed by atoms with Gasteiger partial charge in [-0.2, -0.15) is 0 Å². The largest absolute Gasteiger partial charge is 0.497 e. The standard InChI is InChI=1S/C24H21FO4/c1-27-21-9-11-22(12-10-21)29-16-19-15-17(4-14-24(19)28-2)3-13-23(26)18-5-7-20(25)8-6-18/h3-15H,16H2,1-2H3/b13-3+. The third kappa shape index (κ3) is 5.45. The second kappa shape index (κ2) is 9.55. The van der Waals surface area contributed by atoms with E-state index < -0.39 is 0 Å². The van der Waals surface area contributed by atoms with E-state index in [0.717, 1.165) is 16.9 Å². The Morgan fingerprint density at radius 2 is 1.59 bits per heavy atom. The SMILES string of the molecule is COc1ccc(OCc2cc(/C=C/C(=O)c3ccc(F)cc3)ccc2OC)cc1. The molecule has 0 aliphatic rings. The Hall–Kier alpha value is -3.60. The molecule has 0 N–H and O–H groups in total. The predicted molar refractivity (Wildman–Crippen MR) is 110 cm³/mol. The number of halogens is 1. The number of ketones is 1. The number of hydrogen-bond acceptors (Lipinski definition) is 4. The van der Waals surface area contributed by atoms with Crippen molar-refractivity contribution in [1.29, 1.82) is 0 Å². The molecule has 3 aromatic rings. The molecule has 5 heteroatoms. The molecule has 0 heterocycles. The van der Waals surface area contributed by atoms with Gasteiger partial charge in [-0.25, -0.2) is 4.39 Å². The van der Waals surface area contributed by atoms with Crippen LogP contribution in [0.5, 0.6) is 17.2 Å². The van der Waals surface area contributed by atoms with Gasteiger partial charge < -0.3 is 14.2 Å². The minimum Gasteiger partial charge on any atom is -0.497 e. The van der Waals surface area contributed by atoms with Crippen molar-refractivity contribution in [3.05, 3.63) is 95.3 Å². The summed E-state index contributed by atoms with van der Waals surface area (Å²) in [6.45, 7) is 0.309. The highest BCUT2D eigenvalue weighted by molar-refractivity contribution is 6.06. The Balaban J connectivity index is 1.71. The molecule has 4 nitrogen and oxygen atoms in total. The highest BCUT2D eigenvalue weighted by atomic mass is 19.1. The molecular formula is C24H21FO4. The smallest absolute Gasteiger partial charge is 0.185 e. The normalized spacial score (nSPS) is 10.7. The molecule has 0 aromatic heterocycles. The molecular weight excluding hydrogens is 371 g/mol. The maximum Gasteiger partial charge on any atom is 0.185 e. The molecule has 0 radical (unpaired) electrons. The van der Waals surface area contributed by atoms with Gasteiger partial charge in [0.15, 0.2) is 5.78 Å². The summed E-state index contributed by atoms with van der Waals surface area (Å²) in [4.78, 5) is 12.2. The van der Waals surface area contributed by atoms with Crippen LogP contribution in [-0.4, -0.2) is 20.0 Å². The number of hydrogen-bond donors (Lipinski definition) is 0. The summed E-state index contributed by atoms with van der Waals surface area (Å²) in [6.07, 6.45) is 3.17. The molecule has 0 aliphatic carbocycles.